The average Bonchev–Trinajstić information content (AvgIpc) is 2.82. The summed E-state index contributed by atoms with van der Waals surface area (Å²) >= 11 is 0. The van der Waals surface area contributed by atoms with Crippen molar-refractivity contribution in [1.82, 2.24) is 9.97 Å². The lowest BCUT2D eigenvalue weighted by atomic mass is 9.84. The Morgan fingerprint density at radius 1 is 0.548 bits per heavy atom. The second kappa shape index (κ2) is 7.17. The molecule has 0 atom stereocenters. The molecule has 6 aromatic rings. The van der Waals surface area contributed by atoms with Crippen LogP contribution < -0.4 is 0 Å². The normalized spacial score (nSPS) is 11.8. The van der Waals surface area contributed by atoms with Gasteiger partial charge in [0.15, 0.2) is 0 Å². The van der Waals surface area contributed by atoms with Crippen molar-refractivity contribution in [2.24, 2.45) is 0 Å². The van der Waals surface area contributed by atoms with Crippen LogP contribution in [-0.2, 0) is 0 Å². The predicted molar refractivity (Wildman–Crippen MR) is 131 cm³/mol. The standard InChI is InChI=1S/C29H22N2/c1-2-21(22-11-7-15-28-24(22)17-19-9-3-5-13-26(19)30-28)23-12-8-16-29-25(23)18-20-10-4-6-14-27(20)31-29/h3-18,21H,2H2,1H3. The minimum atomic E-state index is 0.276. The zero-order valence-corrected chi connectivity index (χ0v) is 17.4. The Kier molecular flexibility index (Phi) is 4.17. The summed E-state index contributed by atoms with van der Waals surface area (Å²) in [5, 5.41) is 4.84. The summed E-state index contributed by atoms with van der Waals surface area (Å²) in [5.41, 5.74) is 6.86. The fourth-order valence-corrected chi connectivity index (χ4v) is 4.86. The van der Waals surface area contributed by atoms with Crippen molar-refractivity contribution in [3.63, 3.8) is 0 Å². The highest BCUT2D eigenvalue weighted by Gasteiger charge is 2.18. The summed E-state index contributed by atoms with van der Waals surface area (Å²) in [7, 11) is 0. The molecule has 0 unspecified atom stereocenters. The molecule has 31 heavy (non-hydrogen) atoms. The van der Waals surface area contributed by atoms with Gasteiger partial charge in [0, 0.05) is 27.5 Å². The molecule has 4 aromatic carbocycles. The maximum Gasteiger partial charge on any atom is 0.0712 e. The number of hydrogen-bond acceptors (Lipinski definition) is 2. The third-order valence-electron chi connectivity index (χ3n) is 6.35. The van der Waals surface area contributed by atoms with Gasteiger partial charge in [0.25, 0.3) is 0 Å². The van der Waals surface area contributed by atoms with Crippen LogP contribution in [0.4, 0.5) is 0 Å². The number of fused-ring (bicyclic) bond motifs is 4. The zero-order chi connectivity index (χ0) is 20.8. The van der Waals surface area contributed by atoms with Gasteiger partial charge < -0.3 is 0 Å². The van der Waals surface area contributed by atoms with Gasteiger partial charge in [0.05, 0.1) is 22.1 Å². The minimum Gasteiger partial charge on any atom is -0.248 e. The molecule has 2 nitrogen and oxygen atoms in total. The Morgan fingerprint density at radius 2 is 1.00 bits per heavy atom. The summed E-state index contributed by atoms with van der Waals surface area (Å²) in [4.78, 5) is 9.88. The van der Waals surface area contributed by atoms with Crippen molar-refractivity contribution in [1.29, 1.82) is 0 Å². The first-order valence-electron chi connectivity index (χ1n) is 10.9. The molecule has 0 N–H and O–H groups in total. The summed E-state index contributed by atoms with van der Waals surface area (Å²) in [6.07, 6.45) is 1.01. The number of hydrogen-bond donors (Lipinski definition) is 0. The summed E-state index contributed by atoms with van der Waals surface area (Å²) in [6, 6.07) is 34.4. The van der Waals surface area contributed by atoms with Crippen LogP contribution in [0.5, 0.6) is 0 Å². The van der Waals surface area contributed by atoms with Gasteiger partial charge in [-0.3, -0.25) is 0 Å². The first-order chi connectivity index (χ1) is 15.3. The average molecular weight is 399 g/mol. The third-order valence-corrected chi connectivity index (χ3v) is 6.35. The molecule has 0 aliphatic heterocycles. The minimum absolute atomic E-state index is 0.276. The van der Waals surface area contributed by atoms with E-state index < -0.39 is 0 Å². The number of para-hydroxylation sites is 2. The molecule has 6 rings (SSSR count). The van der Waals surface area contributed by atoms with Crippen molar-refractivity contribution >= 4 is 43.6 Å². The largest absolute Gasteiger partial charge is 0.248 e. The van der Waals surface area contributed by atoms with E-state index in [9.17, 15) is 0 Å². The van der Waals surface area contributed by atoms with Crippen LogP contribution in [0.1, 0.15) is 30.4 Å². The van der Waals surface area contributed by atoms with E-state index >= 15 is 0 Å². The van der Waals surface area contributed by atoms with Gasteiger partial charge in [-0.1, -0.05) is 67.6 Å². The van der Waals surface area contributed by atoms with Crippen molar-refractivity contribution in [3.05, 3.63) is 108 Å². The Labute approximate surface area is 181 Å². The first kappa shape index (κ1) is 18.0. The maximum atomic E-state index is 4.94. The number of aromatic nitrogens is 2. The highest BCUT2D eigenvalue weighted by molar-refractivity contribution is 5.97. The third kappa shape index (κ3) is 2.95. The smallest absolute Gasteiger partial charge is 0.0712 e. The van der Waals surface area contributed by atoms with Crippen molar-refractivity contribution in [2.75, 3.05) is 0 Å². The van der Waals surface area contributed by atoms with E-state index in [-0.39, 0.29) is 5.92 Å². The van der Waals surface area contributed by atoms with Crippen LogP contribution in [-0.4, -0.2) is 9.97 Å². The predicted octanol–water partition coefficient (Wildman–Crippen LogP) is 7.63. The van der Waals surface area contributed by atoms with Crippen molar-refractivity contribution < 1.29 is 0 Å². The van der Waals surface area contributed by atoms with Crippen molar-refractivity contribution in [2.45, 2.75) is 19.3 Å². The van der Waals surface area contributed by atoms with E-state index in [1.54, 1.807) is 0 Å². The van der Waals surface area contributed by atoms with Crippen molar-refractivity contribution in [3.8, 4) is 0 Å². The molecule has 2 heteroatoms. The molecular formula is C29H22N2. The number of rotatable bonds is 3. The molecule has 0 saturated carbocycles. The molecule has 2 heterocycles. The highest BCUT2D eigenvalue weighted by atomic mass is 14.7. The number of benzene rings is 4. The molecule has 148 valence electrons. The lowest BCUT2D eigenvalue weighted by Crippen LogP contribution is -2.03. The van der Waals surface area contributed by atoms with Gasteiger partial charge in [-0.2, -0.15) is 0 Å². The lowest BCUT2D eigenvalue weighted by molar-refractivity contribution is 0.790. The fourth-order valence-electron chi connectivity index (χ4n) is 4.86. The molecule has 0 bridgehead atoms. The molecule has 0 saturated heterocycles. The molecule has 0 fully saturated rings. The Bertz CT molecular complexity index is 1460. The van der Waals surface area contributed by atoms with E-state index in [0.29, 0.717) is 0 Å². The van der Waals surface area contributed by atoms with Crippen LogP contribution >= 0.6 is 0 Å². The molecule has 0 aliphatic rings. The van der Waals surface area contributed by atoms with E-state index in [0.717, 1.165) is 28.5 Å². The topological polar surface area (TPSA) is 25.8 Å². The Hall–Kier alpha value is -3.78. The van der Waals surface area contributed by atoms with Gasteiger partial charge in [0.1, 0.15) is 0 Å². The molecule has 0 aliphatic carbocycles. The van der Waals surface area contributed by atoms with Crippen LogP contribution in [0, 0.1) is 0 Å². The number of pyridine rings is 2. The van der Waals surface area contributed by atoms with Crippen LogP contribution in [0.3, 0.4) is 0 Å². The van der Waals surface area contributed by atoms with E-state index in [1.807, 2.05) is 12.1 Å². The fraction of sp³-hybridized carbons (Fsp3) is 0.103. The second-order valence-electron chi connectivity index (χ2n) is 8.15. The van der Waals surface area contributed by atoms with Gasteiger partial charge >= 0.3 is 0 Å². The van der Waals surface area contributed by atoms with Crippen LogP contribution in [0.2, 0.25) is 0 Å². The van der Waals surface area contributed by atoms with Gasteiger partial charge in [-0.15, -0.1) is 0 Å². The van der Waals surface area contributed by atoms with Gasteiger partial charge in [-0.05, 0) is 53.9 Å². The molecule has 0 radical (unpaired) electrons. The Balaban J connectivity index is 1.62. The van der Waals surface area contributed by atoms with Crippen LogP contribution in [0.15, 0.2) is 97.1 Å². The Morgan fingerprint density at radius 3 is 1.48 bits per heavy atom. The summed E-state index contributed by atoms with van der Waals surface area (Å²) in [5.74, 6) is 0.276. The quantitative estimate of drug-likeness (QED) is 0.286. The van der Waals surface area contributed by atoms with E-state index in [1.165, 1.54) is 32.7 Å². The first-order valence-corrected chi connectivity index (χ1v) is 10.9. The zero-order valence-electron chi connectivity index (χ0n) is 17.4. The van der Waals surface area contributed by atoms with Crippen LogP contribution in [0.25, 0.3) is 43.6 Å². The van der Waals surface area contributed by atoms with E-state index in [2.05, 4.69) is 91.9 Å². The maximum absolute atomic E-state index is 4.94. The molecule has 0 spiro atoms. The van der Waals surface area contributed by atoms with E-state index in [4.69, 9.17) is 9.97 Å². The summed E-state index contributed by atoms with van der Waals surface area (Å²) in [6.45, 7) is 2.27. The molecule has 0 amide bonds. The van der Waals surface area contributed by atoms with Gasteiger partial charge in [-0.25, -0.2) is 9.97 Å². The summed E-state index contributed by atoms with van der Waals surface area (Å²) < 4.78 is 0. The molecule has 2 aromatic heterocycles. The number of nitrogens with zero attached hydrogens (tertiary/aromatic N) is 2. The monoisotopic (exact) mass is 398 g/mol. The lowest BCUT2D eigenvalue weighted by Gasteiger charge is -2.20. The highest BCUT2D eigenvalue weighted by Crippen LogP contribution is 2.37. The van der Waals surface area contributed by atoms with Gasteiger partial charge in [0.2, 0.25) is 0 Å². The second-order valence-corrected chi connectivity index (χ2v) is 8.15. The SMILES string of the molecule is CCC(c1cccc2nc3ccccc3cc12)c1cccc2nc3ccccc3cc12. The molecular weight excluding hydrogens is 376 g/mol.